The number of aryl methyl sites for hydroxylation is 1. The predicted octanol–water partition coefficient (Wildman–Crippen LogP) is 8.10. The van der Waals surface area contributed by atoms with E-state index in [0.29, 0.717) is 0 Å². The van der Waals surface area contributed by atoms with Gasteiger partial charge in [0.1, 0.15) is 0 Å². The number of hydrogen-bond donors (Lipinski definition) is 0. The SMILES string of the molecule is C/C=C(C)\C(=C/C)c1ccccc1.CC.CC.Cc1ccccc1. The van der Waals surface area contributed by atoms with Crippen LogP contribution in [0.5, 0.6) is 0 Å². The molecule has 0 saturated heterocycles. The molecule has 0 fully saturated rings. The lowest BCUT2D eigenvalue weighted by Crippen LogP contribution is -1.84. The normalized spacial score (nSPS) is 10.2. The summed E-state index contributed by atoms with van der Waals surface area (Å²) < 4.78 is 0. The standard InChI is InChI=1S/C13H16.C7H8.2C2H6/c1-4-11(3)13(5-2)12-9-7-6-8-10-12;1-7-5-3-2-4-6-7;2*1-2/h4-10H,1-3H3;2-6H,1H3;2*1-2H3/b11-4-,13-5+;;;. The van der Waals surface area contributed by atoms with Gasteiger partial charge in [-0.1, -0.05) is 106 Å². The van der Waals surface area contributed by atoms with Crippen molar-refractivity contribution in [2.24, 2.45) is 0 Å². The van der Waals surface area contributed by atoms with Crippen molar-refractivity contribution in [3.63, 3.8) is 0 Å². The van der Waals surface area contributed by atoms with Gasteiger partial charge in [0, 0.05) is 0 Å². The largest absolute Gasteiger partial charge is 0.0841 e. The fourth-order valence-corrected chi connectivity index (χ4v) is 1.93. The summed E-state index contributed by atoms with van der Waals surface area (Å²) in [6.07, 6.45) is 4.30. The summed E-state index contributed by atoms with van der Waals surface area (Å²) in [5.41, 5.74) is 5.26. The topological polar surface area (TPSA) is 0 Å². The van der Waals surface area contributed by atoms with Gasteiger partial charge in [-0.3, -0.25) is 0 Å². The first-order valence-corrected chi connectivity index (χ1v) is 9.05. The average Bonchev–Trinajstić information content (AvgIpc) is 2.67. The maximum atomic E-state index is 2.16. The lowest BCUT2D eigenvalue weighted by atomic mass is 9.99. The van der Waals surface area contributed by atoms with Gasteiger partial charge in [0.05, 0.1) is 0 Å². The van der Waals surface area contributed by atoms with Crippen molar-refractivity contribution in [2.75, 3.05) is 0 Å². The summed E-state index contributed by atoms with van der Waals surface area (Å²) in [5.74, 6) is 0. The third kappa shape index (κ3) is 10.6. The molecule has 0 aliphatic rings. The molecule has 0 aromatic heterocycles. The Kier molecular flexibility index (Phi) is 17.4. The van der Waals surface area contributed by atoms with Crippen LogP contribution in [0.1, 0.15) is 59.6 Å². The molecule has 2 rings (SSSR count). The van der Waals surface area contributed by atoms with Gasteiger partial charge in [-0.2, -0.15) is 0 Å². The molecule has 0 aliphatic heterocycles. The minimum absolute atomic E-state index is 1.29. The second-order valence-corrected chi connectivity index (χ2v) is 4.69. The molecule has 0 amide bonds. The highest BCUT2D eigenvalue weighted by molar-refractivity contribution is 5.77. The van der Waals surface area contributed by atoms with Gasteiger partial charge in [0.15, 0.2) is 0 Å². The van der Waals surface area contributed by atoms with Crippen LogP contribution in [-0.4, -0.2) is 0 Å². The van der Waals surface area contributed by atoms with Crippen molar-refractivity contribution in [3.8, 4) is 0 Å². The fraction of sp³-hybridized carbons (Fsp3) is 0.333. The lowest BCUT2D eigenvalue weighted by molar-refractivity contribution is 1.45. The zero-order valence-corrected chi connectivity index (χ0v) is 16.9. The van der Waals surface area contributed by atoms with E-state index in [1.165, 1.54) is 22.3 Å². The molecule has 0 unspecified atom stereocenters. The van der Waals surface area contributed by atoms with Gasteiger partial charge in [-0.15, -0.1) is 0 Å². The Morgan fingerprint density at radius 1 is 0.667 bits per heavy atom. The van der Waals surface area contributed by atoms with Crippen LogP contribution in [0.4, 0.5) is 0 Å². The van der Waals surface area contributed by atoms with E-state index in [2.05, 4.69) is 76.2 Å². The van der Waals surface area contributed by atoms with E-state index in [9.17, 15) is 0 Å². The van der Waals surface area contributed by atoms with E-state index in [-0.39, 0.29) is 0 Å². The number of rotatable bonds is 2. The van der Waals surface area contributed by atoms with Gasteiger partial charge in [-0.05, 0) is 44.4 Å². The van der Waals surface area contributed by atoms with Crippen molar-refractivity contribution in [1.82, 2.24) is 0 Å². The monoisotopic (exact) mass is 324 g/mol. The van der Waals surface area contributed by atoms with Crippen molar-refractivity contribution < 1.29 is 0 Å². The third-order valence-electron chi connectivity index (χ3n) is 3.17. The van der Waals surface area contributed by atoms with E-state index in [0.717, 1.165) is 0 Å². The van der Waals surface area contributed by atoms with Gasteiger partial charge >= 0.3 is 0 Å². The minimum atomic E-state index is 1.29. The molecule has 0 radical (unpaired) electrons. The lowest BCUT2D eigenvalue weighted by Gasteiger charge is -2.06. The molecule has 0 atom stereocenters. The quantitative estimate of drug-likeness (QED) is 0.489. The number of allylic oxidation sites excluding steroid dienone is 4. The third-order valence-corrected chi connectivity index (χ3v) is 3.17. The molecule has 24 heavy (non-hydrogen) atoms. The Morgan fingerprint density at radius 2 is 1.08 bits per heavy atom. The molecule has 0 nitrogen and oxygen atoms in total. The summed E-state index contributed by atoms with van der Waals surface area (Å²) in [4.78, 5) is 0. The number of hydrogen-bond acceptors (Lipinski definition) is 0. The Labute approximate surface area is 151 Å². The molecule has 0 saturated carbocycles. The average molecular weight is 325 g/mol. The molecule has 0 N–H and O–H groups in total. The second-order valence-electron chi connectivity index (χ2n) is 4.69. The highest BCUT2D eigenvalue weighted by atomic mass is 14.0. The Hall–Kier alpha value is -2.08. The smallest absolute Gasteiger partial charge is 0.0185 e. The zero-order chi connectivity index (χ0) is 18.8. The molecule has 2 aromatic carbocycles. The Morgan fingerprint density at radius 3 is 1.38 bits per heavy atom. The first-order valence-electron chi connectivity index (χ1n) is 9.05. The maximum Gasteiger partial charge on any atom is -0.0185 e. The van der Waals surface area contributed by atoms with Gasteiger partial charge in [0.2, 0.25) is 0 Å². The number of benzene rings is 2. The summed E-state index contributed by atoms with van der Waals surface area (Å²) in [6.45, 7) is 16.4. The maximum absolute atomic E-state index is 2.16. The van der Waals surface area contributed by atoms with Crippen LogP contribution in [0, 0.1) is 6.92 Å². The van der Waals surface area contributed by atoms with Crippen LogP contribution in [0.25, 0.3) is 5.57 Å². The highest BCUT2D eigenvalue weighted by Crippen LogP contribution is 2.21. The van der Waals surface area contributed by atoms with Crippen LogP contribution < -0.4 is 0 Å². The van der Waals surface area contributed by atoms with Gasteiger partial charge < -0.3 is 0 Å². The van der Waals surface area contributed by atoms with E-state index in [4.69, 9.17) is 0 Å². The molecule has 2 aromatic rings. The molecule has 0 aliphatic carbocycles. The van der Waals surface area contributed by atoms with E-state index < -0.39 is 0 Å². The fourth-order valence-electron chi connectivity index (χ4n) is 1.93. The van der Waals surface area contributed by atoms with Crippen molar-refractivity contribution in [2.45, 2.75) is 55.4 Å². The van der Waals surface area contributed by atoms with Gasteiger partial charge in [0.25, 0.3) is 0 Å². The van der Waals surface area contributed by atoms with E-state index in [1.807, 2.05) is 52.0 Å². The summed E-state index contributed by atoms with van der Waals surface area (Å²) in [5, 5.41) is 0. The Bertz CT molecular complexity index is 545. The first-order chi connectivity index (χ1) is 11.7. The molecular weight excluding hydrogens is 288 g/mol. The zero-order valence-electron chi connectivity index (χ0n) is 16.9. The molecule has 132 valence electrons. The molecule has 0 bridgehead atoms. The van der Waals surface area contributed by atoms with E-state index >= 15 is 0 Å². The molecule has 0 heteroatoms. The minimum Gasteiger partial charge on any atom is -0.0841 e. The van der Waals surface area contributed by atoms with Crippen LogP contribution in [0.2, 0.25) is 0 Å². The highest BCUT2D eigenvalue weighted by Gasteiger charge is 1.99. The van der Waals surface area contributed by atoms with Crippen LogP contribution in [0.15, 0.2) is 78.4 Å². The molecule has 0 heterocycles. The van der Waals surface area contributed by atoms with Crippen molar-refractivity contribution >= 4 is 5.57 Å². The predicted molar refractivity (Wildman–Crippen MR) is 113 cm³/mol. The van der Waals surface area contributed by atoms with Crippen molar-refractivity contribution in [1.29, 1.82) is 0 Å². The van der Waals surface area contributed by atoms with Crippen molar-refractivity contribution in [3.05, 3.63) is 89.5 Å². The van der Waals surface area contributed by atoms with Crippen LogP contribution >= 0.6 is 0 Å². The summed E-state index contributed by atoms with van der Waals surface area (Å²) in [6, 6.07) is 20.7. The van der Waals surface area contributed by atoms with Gasteiger partial charge in [-0.25, -0.2) is 0 Å². The Balaban J connectivity index is 0. The second kappa shape index (κ2) is 17.3. The molecule has 0 spiro atoms. The van der Waals surface area contributed by atoms with E-state index in [1.54, 1.807) is 0 Å². The first kappa shape index (κ1) is 24.2. The molecular formula is C24H36. The summed E-state index contributed by atoms with van der Waals surface area (Å²) in [7, 11) is 0. The summed E-state index contributed by atoms with van der Waals surface area (Å²) >= 11 is 0. The van der Waals surface area contributed by atoms with Crippen LogP contribution in [-0.2, 0) is 0 Å². The van der Waals surface area contributed by atoms with Crippen LogP contribution in [0.3, 0.4) is 0 Å².